The van der Waals surface area contributed by atoms with Crippen molar-refractivity contribution >= 4 is 55.3 Å². The number of rotatable bonds is 5. The van der Waals surface area contributed by atoms with Crippen molar-refractivity contribution in [2.75, 3.05) is 5.32 Å². The van der Waals surface area contributed by atoms with E-state index in [4.69, 9.17) is 0 Å². The Morgan fingerprint density at radius 3 is 2.69 bits per heavy atom. The molecule has 0 spiro atoms. The van der Waals surface area contributed by atoms with E-state index in [0.29, 0.717) is 10.5 Å². The SMILES string of the molecule is Cc1cc(-c2csc(NC(=O)CCn3cnc4sc(C)c(C)c4c3=O)n2)c(C)s1. The third-order valence-corrected chi connectivity index (χ3v) is 7.64. The Balaban J connectivity index is 1.44. The Hall–Kier alpha value is -2.36. The number of anilines is 1. The zero-order valence-electron chi connectivity index (χ0n) is 16.5. The highest BCUT2D eigenvalue weighted by atomic mass is 32.1. The van der Waals surface area contributed by atoms with Crippen LogP contribution in [0, 0.1) is 27.7 Å². The van der Waals surface area contributed by atoms with Crippen molar-refractivity contribution < 1.29 is 4.79 Å². The first-order valence-corrected chi connectivity index (χ1v) is 11.6. The summed E-state index contributed by atoms with van der Waals surface area (Å²) >= 11 is 4.66. The highest BCUT2D eigenvalue weighted by molar-refractivity contribution is 7.18. The van der Waals surface area contributed by atoms with Crippen LogP contribution in [0.4, 0.5) is 5.13 Å². The molecule has 0 aliphatic rings. The average molecular weight is 445 g/mol. The minimum atomic E-state index is -0.172. The summed E-state index contributed by atoms with van der Waals surface area (Å²) in [5, 5.41) is 6.01. The fourth-order valence-electron chi connectivity index (χ4n) is 3.17. The Labute approximate surface area is 179 Å². The van der Waals surface area contributed by atoms with Gasteiger partial charge < -0.3 is 5.32 Å². The molecule has 0 fully saturated rings. The van der Waals surface area contributed by atoms with Gasteiger partial charge in [-0.25, -0.2) is 9.97 Å². The van der Waals surface area contributed by atoms with E-state index in [1.807, 2.05) is 19.2 Å². The third-order valence-electron chi connectivity index (χ3n) is 4.80. The lowest BCUT2D eigenvalue weighted by molar-refractivity contribution is -0.116. The molecule has 9 heteroatoms. The van der Waals surface area contributed by atoms with Crippen LogP contribution in [0.2, 0.25) is 0 Å². The molecular weight excluding hydrogens is 424 g/mol. The van der Waals surface area contributed by atoms with Gasteiger partial charge in [0, 0.05) is 38.5 Å². The third kappa shape index (κ3) is 3.90. The summed E-state index contributed by atoms with van der Waals surface area (Å²) in [6, 6.07) is 2.12. The number of aromatic nitrogens is 3. The Bertz CT molecular complexity index is 1280. The largest absolute Gasteiger partial charge is 0.302 e. The molecule has 0 bridgehead atoms. The fraction of sp³-hybridized carbons (Fsp3) is 0.300. The van der Waals surface area contributed by atoms with Gasteiger partial charge in [0.1, 0.15) is 4.83 Å². The first-order chi connectivity index (χ1) is 13.8. The van der Waals surface area contributed by atoms with Gasteiger partial charge in [-0.3, -0.25) is 14.2 Å². The predicted molar refractivity (Wildman–Crippen MR) is 122 cm³/mol. The van der Waals surface area contributed by atoms with Crippen LogP contribution in [0.1, 0.15) is 26.6 Å². The van der Waals surface area contributed by atoms with Gasteiger partial charge in [-0.2, -0.15) is 0 Å². The molecule has 0 radical (unpaired) electrons. The molecule has 0 saturated heterocycles. The van der Waals surface area contributed by atoms with Crippen molar-refractivity contribution in [3.63, 3.8) is 0 Å². The summed E-state index contributed by atoms with van der Waals surface area (Å²) < 4.78 is 1.51. The number of aryl methyl sites for hydroxylation is 5. The zero-order valence-corrected chi connectivity index (χ0v) is 19.0. The predicted octanol–water partition coefficient (Wildman–Crippen LogP) is 4.91. The van der Waals surface area contributed by atoms with Gasteiger partial charge in [0.25, 0.3) is 5.56 Å². The van der Waals surface area contributed by atoms with Gasteiger partial charge in [-0.15, -0.1) is 34.0 Å². The monoisotopic (exact) mass is 444 g/mol. The Morgan fingerprint density at radius 2 is 1.97 bits per heavy atom. The normalized spacial score (nSPS) is 11.3. The second kappa shape index (κ2) is 7.81. The number of carbonyl (C=O) groups is 1. The number of hydrogen-bond donors (Lipinski definition) is 1. The van der Waals surface area contributed by atoms with Gasteiger partial charge >= 0.3 is 0 Å². The number of fused-ring (bicyclic) bond motifs is 1. The molecule has 4 rings (SSSR count). The topological polar surface area (TPSA) is 76.9 Å². The lowest BCUT2D eigenvalue weighted by Gasteiger charge is -2.05. The van der Waals surface area contributed by atoms with E-state index in [1.165, 1.54) is 43.3 Å². The van der Waals surface area contributed by atoms with Crippen LogP contribution in [0.25, 0.3) is 21.5 Å². The molecule has 1 N–H and O–H groups in total. The summed E-state index contributed by atoms with van der Waals surface area (Å²) in [5.41, 5.74) is 2.86. The van der Waals surface area contributed by atoms with Gasteiger partial charge in [0.2, 0.25) is 5.91 Å². The van der Waals surface area contributed by atoms with Gasteiger partial charge in [0.05, 0.1) is 17.4 Å². The van der Waals surface area contributed by atoms with Crippen molar-refractivity contribution in [3.8, 4) is 11.3 Å². The van der Waals surface area contributed by atoms with E-state index >= 15 is 0 Å². The van der Waals surface area contributed by atoms with Crippen molar-refractivity contribution in [2.24, 2.45) is 0 Å². The Kier molecular flexibility index (Phi) is 5.37. The molecule has 1 amide bonds. The highest BCUT2D eigenvalue weighted by Crippen LogP contribution is 2.32. The van der Waals surface area contributed by atoms with E-state index in [1.54, 1.807) is 11.3 Å². The van der Waals surface area contributed by atoms with Crippen LogP contribution in [0.15, 0.2) is 22.6 Å². The van der Waals surface area contributed by atoms with Gasteiger partial charge in [-0.05, 0) is 39.3 Å². The van der Waals surface area contributed by atoms with Crippen molar-refractivity contribution in [3.05, 3.63) is 48.3 Å². The first kappa shape index (κ1) is 19.9. The van der Waals surface area contributed by atoms with Crippen LogP contribution in [-0.2, 0) is 11.3 Å². The molecular formula is C20H20N4O2S3. The van der Waals surface area contributed by atoms with Gasteiger partial charge in [-0.1, -0.05) is 0 Å². The molecule has 4 heterocycles. The molecule has 4 aromatic rings. The molecule has 0 unspecified atom stereocenters. The van der Waals surface area contributed by atoms with Crippen LogP contribution in [-0.4, -0.2) is 20.4 Å². The number of carbonyl (C=O) groups excluding carboxylic acids is 1. The number of thiazole rings is 1. The van der Waals surface area contributed by atoms with E-state index < -0.39 is 0 Å². The zero-order chi connectivity index (χ0) is 20.7. The first-order valence-electron chi connectivity index (χ1n) is 9.11. The maximum absolute atomic E-state index is 12.7. The molecule has 0 aliphatic heterocycles. The van der Waals surface area contributed by atoms with E-state index in [2.05, 4.69) is 35.2 Å². The van der Waals surface area contributed by atoms with Crippen molar-refractivity contribution in [1.29, 1.82) is 0 Å². The van der Waals surface area contributed by atoms with E-state index in [0.717, 1.165) is 26.5 Å². The summed E-state index contributed by atoms with van der Waals surface area (Å²) in [6.45, 7) is 8.35. The minimum Gasteiger partial charge on any atom is -0.302 e. The standard InChI is InChI=1S/C20H20N4O2S3/c1-10-7-14(13(4)28-10)15-8-27-20(22-15)23-16(25)5-6-24-9-21-18-17(19(24)26)11(2)12(3)29-18/h7-9H,5-6H2,1-4H3,(H,22,23,25). The highest BCUT2D eigenvalue weighted by Gasteiger charge is 2.14. The van der Waals surface area contributed by atoms with Crippen LogP contribution in [0.5, 0.6) is 0 Å². The Morgan fingerprint density at radius 1 is 1.17 bits per heavy atom. The van der Waals surface area contributed by atoms with Gasteiger partial charge in [0.15, 0.2) is 5.13 Å². The van der Waals surface area contributed by atoms with Crippen molar-refractivity contribution in [2.45, 2.75) is 40.7 Å². The number of nitrogens with one attached hydrogen (secondary N) is 1. The van der Waals surface area contributed by atoms with E-state index in [-0.39, 0.29) is 24.4 Å². The van der Waals surface area contributed by atoms with E-state index in [9.17, 15) is 9.59 Å². The molecule has 4 aromatic heterocycles. The van der Waals surface area contributed by atoms with Crippen LogP contribution >= 0.6 is 34.0 Å². The van der Waals surface area contributed by atoms with Crippen LogP contribution < -0.4 is 10.9 Å². The molecule has 0 aromatic carbocycles. The number of nitrogens with zero attached hydrogens (tertiary/aromatic N) is 3. The maximum Gasteiger partial charge on any atom is 0.262 e. The lowest BCUT2D eigenvalue weighted by atomic mass is 10.2. The summed E-state index contributed by atoms with van der Waals surface area (Å²) in [5.74, 6) is -0.172. The molecule has 0 saturated carbocycles. The van der Waals surface area contributed by atoms with Crippen molar-refractivity contribution in [1.82, 2.24) is 14.5 Å². The quantitative estimate of drug-likeness (QED) is 0.475. The summed E-state index contributed by atoms with van der Waals surface area (Å²) in [7, 11) is 0. The maximum atomic E-state index is 12.7. The molecule has 0 aliphatic carbocycles. The number of amides is 1. The molecule has 29 heavy (non-hydrogen) atoms. The molecule has 6 nitrogen and oxygen atoms in total. The average Bonchev–Trinajstić information content (AvgIpc) is 3.33. The summed E-state index contributed by atoms with van der Waals surface area (Å²) in [4.78, 5) is 38.3. The lowest BCUT2D eigenvalue weighted by Crippen LogP contribution is -2.23. The number of thiophene rings is 2. The second-order valence-electron chi connectivity index (χ2n) is 6.87. The molecule has 150 valence electrons. The fourth-order valence-corrected chi connectivity index (χ4v) is 5.82. The smallest absolute Gasteiger partial charge is 0.262 e. The molecule has 0 atom stereocenters. The second-order valence-corrected chi connectivity index (χ2v) is 10.4. The number of hydrogen-bond acceptors (Lipinski definition) is 7. The van der Waals surface area contributed by atoms with Crippen LogP contribution in [0.3, 0.4) is 0 Å². The minimum absolute atomic E-state index is 0.0931. The summed E-state index contributed by atoms with van der Waals surface area (Å²) in [6.07, 6.45) is 1.71.